The maximum absolute atomic E-state index is 12.9. The third-order valence-corrected chi connectivity index (χ3v) is 5.43. The molecule has 0 saturated heterocycles. The van der Waals surface area contributed by atoms with E-state index in [2.05, 4.69) is 16.0 Å². The molecule has 0 aliphatic heterocycles. The van der Waals surface area contributed by atoms with Crippen molar-refractivity contribution in [1.82, 2.24) is 16.0 Å². The van der Waals surface area contributed by atoms with Gasteiger partial charge in [-0.1, -0.05) is 63.2 Å². The Balaban J connectivity index is 1.89. The Kier molecular flexibility index (Phi) is 11.4. The number of amides is 3. The van der Waals surface area contributed by atoms with Crippen LogP contribution in [0.5, 0.6) is 5.75 Å². The number of phenolic OH excluding ortho intramolecular Hbond substituents is 1. The molecule has 2 aromatic carbocycles. The Labute approximate surface area is 211 Å². The van der Waals surface area contributed by atoms with Gasteiger partial charge in [-0.25, -0.2) is 4.79 Å². The fourth-order valence-corrected chi connectivity index (χ4v) is 3.46. The molecule has 3 amide bonds. The van der Waals surface area contributed by atoms with Crippen LogP contribution in [0.3, 0.4) is 0 Å². The van der Waals surface area contributed by atoms with Gasteiger partial charge in [0, 0.05) is 6.54 Å². The van der Waals surface area contributed by atoms with Crippen LogP contribution in [0.4, 0.5) is 4.79 Å². The lowest BCUT2D eigenvalue weighted by atomic mass is 10.0. The van der Waals surface area contributed by atoms with Gasteiger partial charge in [-0.2, -0.15) is 0 Å². The van der Waals surface area contributed by atoms with E-state index in [1.54, 1.807) is 31.2 Å². The van der Waals surface area contributed by atoms with Crippen molar-refractivity contribution in [2.24, 2.45) is 5.92 Å². The van der Waals surface area contributed by atoms with Crippen molar-refractivity contribution in [3.63, 3.8) is 0 Å². The maximum atomic E-state index is 12.9. The third kappa shape index (κ3) is 9.77. The zero-order valence-corrected chi connectivity index (χ0v) is 21.0. The number of hydrogen-bond acceptors (Lipinski definition) is 6. The number of phenols is 1. The quantitative estimate of drug-likeness (QED) is 0.315. The molecule has 0 aliphatic rings. The predicted octanol–water partition coefficient (Wildman–Crippen LogP) is 2.86. The number of carbonyl (C=O) groups is 4. The Hall–Kier alpha value is -3.88. The number of nitrogens with one attached hydrogen (secondary N) is 3. The van der Waals surface area contributed by atoms with E-state index in [1.807, 2.05) is 44.2 Å². The monoisotopic (exact) mass is 497 g/mol. The minimum Gasteiger partial charge on any atom is -0.508 e. The number of benzene rings is 2. The first-order chi connectivity index (χ1) is 17.2. The number of carbonyl (C=O) groups excluding carboxylic acids is 4. The second kappa shape index (κ2) is 14.5. The highest BCUT2D eigenvalue weighted by Gasteiger charge is 2.29. The van der Waals surface area contributed by atoms with Gasteiger partial charge < -0.3 is 25.8 Å². The molecular formula is C27H35N3O6. The van der Waals surface area contributed by atoms with Crippen molar-refractivity contribution >= 4 is 23.7 Å². The normalized spacial score (nSPS) is 12.3. The molecule has 9 nitrogen and oxygen atoms in total. The molecule has 2 atom stereocenters. The van der Waals surface area contributed by atoms with Crippen molar-refractivity contribution in [3.8, 4) is 5.75 Å². The molecule has 0 aliphatic carbocycles. The van der Waals surface area contributed by atoms with Crippen LogP contribution >= 0.6 is 0 Å². The van der Waals surface area contributed by atoms with E-state index in [-0.39, 0.29) is 31.2 Å². The SMILES string of the molecule is CC[C@H](NC(=O)[C@H](CC(C)C)NC(=O)OCc1ccccc1)C(=O)C(=O)NCCc1ccc(O)cc1. The molecule has 9 heteroatoms. The average Bonchev–Trinajstić information content (AvgIpc) is 2.86. The van der Waals surface area contributed by atoms with E-state index < -0.39 is 35.8 Å². The first kappa shape index (κ1) is 28.4. The minimum absolute atomic E-state index is 0.0586. The second-order valence-corrected chi connectivity index (χ2v) is 8.89. The highest BCUT2D eigenvalue weighted by molar-refractivity contribution is 6.38. The number of ketones is 1. The number of rotatable bonds is 13. The molecule has 2 aromatic rings. The Morgan fingerprint density at radius 1 is 0.889 bits per heavy atom. The van der Waals surface area contributed by atoms with Gasteiger partial charge in [0.2, 0.25) is 11.7 Å². The molecule has 0 saturated carbocycles. The van der Waals surface area contributed by atoms with Gasteiger partial charge in [0.25, 0.3) is 5.91 Å². The molecule has 2 rings (SSSR count). The lowest BCUT2D eigenvalue weighted by Crippen LogP contribution is -2.54. The van der Waals surface area contributed by atoms with E-state index in [1.165, 1.54) is 0 Å². The van der Waals surface area contributed by atoms with Gasteiger partial charge >= 0.3 is 6.09 Å². The van der Waals surface area contributed by atoms with E-state index in [9.17, 15) is 24.3 Å². The molecule has 36 heavy (non-hydrogen) atoms. The van der Waals surface area contributed by atoms with Crippen LogP contribution in [0.1, 0.15) is 44.7 Å². The average molecular weight is 498 g/mol. The summed E-state index contributed by atoms with van der Waals surface area (Å²) in [5.41, 5.74) is 1.70. The lowest BCUT2D eigenvalue weighted by molar-refractivity contribution is -0.140. The largest absolute Gasteiger partial charge is 0.508 e. The Bertz CT molecular complexity index is 1010. The highest BCUT2D eigenvalue weighted by Crippen LogP contribution is 2.10. The molecule has 0 fully saturated rings. The van der Waals surface area contributed by atoms with E-state index in [0.29, 0.717) is 12.8 Å². The lowest BCUT2D eigenvalue weighted by Gasteiger charge is -2.23. The van der Waals surface area contributed by atoms with Crippen molar-refractivity contribution in [2.75, 3.05) is 6.54 Å². The van der Waals surface area contributed by atoms with Crippen molar-refractivity contribution in [1.29, 1.82) is 0 Å². The van der Waals surface area contributed by atoms with Crippen LogP contribution in [0.2, 0.25) is 0 Å². The predicted molar refractivity (Wildman–Crippen MR) is 135 cm³/mol. The second-order valence-electron chi connectivity index (χ2n) is 8.89. The highest BCUT2D eigenvalue weighted by atomic mass is 16.5. The maximum Gasteiger partial charge on any atom is 0.408 e. The smallest absolute Gasteiger partial charge is 0.408 e. The van der Waals surface area contributed by atoms with Crippen molar-refractivity contribution < 1.29 is 29.0 Å². The molecule has 0 unspecified atom stereocenters. The zero-order valence-electron chi connectivity index (χ0n) is 21.0. The van der Waals surface area contributed by atoms with Crippen LogP contribution < -0.4 is 16.0 Å². The number of Topliss-reactive ketones (excluding diaryl/α,β-unsaturated/α-hetero) is 1. The topological polar surface area (TPSA) is 134 Å². The van der Waals surface area contributed by atoms with Gasteiger partial charge in [-0.3, -0.25) is 14.4 Å². The summed E-state index contributed by atoms with van der Waals surface area (Å²) < 4.78 is 5.22. The van der Waals surface area contributed by atoms with Gasteiger partial charge in [-0.15, -0.1) is 0 Å². The van der Waals surface area contributed by atoms with E-state index in [4.69, 9.17) is 4.74 Å². The van der Waals surface area contributed by atoms with Crippen LogP contribution in [0.15, 0.2) is 54.6 Å². The van der Waals surface area contributed by atoms with Crippen molar-refractivity contribution in [3.05, 3.63) is 65.7 Å². The summed E-state index contributed by atoms with van der Waals surface area (Å²) in [6.07, 6.45) is 0.276. The number of aromatic hydroxyl groups is 1. The summed E-state index contributed by atoms with van der Waals surface area (Å²) in [5.74, 6) is -1.89. The summed E-state index contributed by atoms with van der Waals surface area (Å²) in [5, 5.41) is 17.1. The summed E-state index contributed by atoms with van der Waals surface area (Å²) >= 11 is 0. The number of hydrogen-bond donors (Lipinski definition) is 4. The molecule has 0 spiro atoms. The van der Waals surface area contributed by atoms with E-state index >= 15 is 0 Å². The van der Waals surface area contributed by atoms with E-state index in [0.717, 1.165) is 11.1 Å². The number of ether oxygens (including phenoxy) is 1. The minimum atomic E-state index is -1.03. The summed E-state index contributed by atoms with van der Waals surface area (Å²) in [6.45, 7) is 5.78. The first-order valence-corrected chi connectivity index (χ1v) is 12.1. The molecule has 0 radical (unpaired) electrons. The van der Waals surface area contributed by atoms with Crippen LogP contribution in [-0.2, 0) is 32.1 Å². The molecule has 4 N–H and O–H groups in total. The first-order valence-electron chi connectivity index (χ1n) is 12.1. The molecule has 0 heterocycles. The Morgan fingerprint density at radius 3 is 2.17 bits per heavy atom. The molecule has 0 aromatic heterocycles. The van der Waals surface area contributed by atoms with Crippen LogP contribution in [0, 0.1) is 5.92 Å². The van der Waals surface area contributed by atoms with Crippen LogP contribution in [-0.4, -0.2) is 47.4 Å². The fraction of sp³-hybridized carbons (Fsp3) is 0.407. The van der Waals surface area contributed by atoms with Gasteiger partial charge in [0.05, 0.1) is 6.04 Å². The summed E-state index contributed by atoms with van der Waals surface area (Å²) in [7, 11) is 0. The molecular weight excluding hydrogens is 462 g/mol. The van der Waals surface area contributed by atoms with Crippen LogP contribution in [0.25, 0.3) is 0 Å². The summed E-state index contributed by atoms with van der Waals surface area (Å²) in [6, 6.07) is 13.7. The van der Waals surface area contributed by atoms with Crippen molar-refractivity contribution in [2.45, 2.75) is 58.7 Å². The van der Waals surface area contributed by atoms with Gasteiger partial charge in [0.15, 0.2) is 0 Å². The zero-order chi connectivity index (χ0) is 26.5. The third-order valence-electron chi connectivity index (χ3n) is 5.43. The number of alkyl carbamates (subject to hydrolysis) is 1. The molecule has 194 valence electrons. The molecule has 0 bridgehead atoms. The standard InChI is InChI=1S/C27H35N3O6/c1-4-22(24(32)26(34)28-15-14-19-10-12-21(31)13-11-19)29-25(33)23(16-18(2)3)30-27(35)36-17-20-8-6-5-7-9-20/h5-13,18,22-23,31H,4,14-17H2,1-3H3,(H,28,34)(H,29,33)(H,30,35)/t22-,23-/m0/s1. The fourth-order valence-electron chi connectivity index (χ4n) is 3.46. The van der Waals surface area contributed by atoms with Gasteiger partial charge in [-0.05, 0) is 48.4 Å². The Morgan fingerprint density at radius 2 is 1.56 bits per heavy atom. The summed E-state index contributed by atoms with van der Waals surface area (Å²) in [4.78, 5) is 50.3. The van der Waals surface area contributed by atoms with Gasteiger partial charge in [0.1, 0.15) is 18.4 Å².